The molecule has 0 aliphatic carbocycles. The second kappa shape index (κ2) is 4.50. The molecule has 1 heterocycles. The van der Waals surface area contributed by atoms with Crippen molar-refractivity contribution < 1.29 is 0 Å². The van der Waals surface area contributed by atoms with E-state index >= 15 is 0 Å². The minimum atomic E-state index is 0.396. The first kappa shape index (κ1) is 10.2. The van der Waals surface area contributed by atoms with E-state index in [4.69, 9.17) is 0 Å². The van der Waals surface area contributed by atoms with Crippen LogP contribution in [0.5, 0.6) is 0 Å². The van der Waals surface area contributed by atoms with E-state index in [1.807, 2.05) is 0 Å². The van der Waals surface area contributed by atoms with E-state index in [9.17, 15) is 0 Å². The van der Waals surface area contributed by atoms with Gasteiger partial charge in [0.2, 0.25) is 0 Å². The van der Waals surface area contributed by atoms with Crippen molar-refractivity contribution in [3.63, 3.8) is 0 Å². The normalized spacial score (nSPS) is 13.1. The average Bonchev–Trinajstić information content (AvgIpc) is 2.40. The predicted molar refractivity (Wildman–Crippen MR) is 75.0 cm³/mol. The van der Waals surface area contributed by atoms with E-state index in [0.717, 1.165) is 6.32 Å². The zero-order valence-electron chi connectivity index (χ0n) is 9.64. The van der Waals surface area contributed by atoms with Crippen LogP contribution in [0.4, 0.5) is 5.69 Å². The molecule has 0 aromatic heterocycles. The van der Waals surface area contributed by atoms with Gasteiger partial charge in [0.05, 0.1) is 0 Å². The fraction of sp³-hybridized carbons (Fsp3) is 0.0667. The quantitative estimate of drug-likeness (QED) is 0.763. The first-order valence-electron chi connectivity index (χ1n) is 5.99. The van der Waals surface area contributed by atoms with Crippen LogP contribution in [-0.4, -0.2) is 6.85 Å². The Morgan fingerprint density at radius 3 is 2.53 bits per heavy atom. The van der Waals surface area contributed by atoms with Gasteiger partial charge in [-0.3, -0.25) is 0 Å². The van der Waals surface area contributed by atoms with Crippen molar-refractivity contribution in [2.75, 3.05) is 5.23 Å². The summed E-state index contributed by atoms with van der Waals surface area (Å²) in [6, 6.07) is 19.0. The molecule has 0 spiro atoms. The molecular weight excluding hydrogens is 205 g/mol. The lowest BCUT2D eigenvalue weighted by atomic mass is 9.56. The standard InChI is InChI=1S/C15H14BN/c1-2-6-13(7-3-1)12-16-11-10-14-8-4-5-9-15(14)17-16/h1-11,17H,12H2. The van der Waals surface area contributed by atoms with Gasteiger partial charge in [-0.1, -0.05) is 66.1 Å². The van der Waals surface area contributed by atoms with Gasteiger partial charge < -0.3 is 5.23 Å². The lowest BCUT2D eigenvalue weighted by Gasteiger charge is -2.19. The lowest BCUT2D eigenvalue weighted by molar-refractivity contribution is 1.35. The van der Waals surface area contributed by atoms with Crippen LogP contribution in [0.25, 0.3) is 6.08 Å². The molecule has 0 radical (unpaired) electrons. The van der Waals surface area contributed by atoms with Gasteiger partial charge in [-0.2, -0.15) is 0 Å². The van der Waals surface area contributed by atoms with Gasteiger partial charge in [-0.15, -0.1) is 0 Å². The molecule has 0 unspecified atom stereocenters. The summed E-state index contributed by atoms with van der Waals surface area (Å²) in [5.74, 6) is 2.25. The van der Waals surface area contributed by atoms with E-state index in [1.165, 1.54) is 16.8 Å². The molecule has 0 saturated carbocycles. The van der Waals surface area contributed by atoms with Gasteiger partial charge in [-0.25, -0.2) is 0 Å². The molecule has 0 fully saturated rings. The highest BCUT2D eigenvalue weighted by atomic mass is 14.8. The summed E-state index contributed by atoms with van der Waals surface area (Å²) in [6.45, 7) is 0.396. The van der Waals surface area contributed by atoms with Crippen molar-refractivity contribution in [1.29, 1.82) is 0 Å². The Kier molecular flexibility index (Phi) is 2.70. The van der Waals surface area contributed by atoms with Crippen LogP contribution in [-0.2, 0) is 6.32 Å². The van der Waals surface area contributed by atoms with Crippen LogP contribution in [0.3, 0.4) is 0 Å². The van der Waals surface area contributed by atoms with Gasteiger partial charge in [-0.05, 0) is 17.9 Å². The average molecular weight is 219 g/mol. The van der Waals surface area contributed by atoms with Crippen molar-refractivity contribution in [1.82, 2.24) is 0 Å². The third-order valence-electron chi connectivity index (χ3n) is 3.11. The number of nitrogens with one attached hydrogen (secondary N) is 1. The second-order valence-corrected chi connectivity index (χ2v) is 4.39. The minimum Gasteiger partial charge on any atom is -0.424 e. The molecule has 1 N–H and O–H groups in total. The van der Waals surface area contributed by atoms with Gasteiger partial charge in [0, 0.05) is 5.69 Å². The molecule has 1 aliphatic rings. The highest BCUT2D eigenvalue weighted by Crippen LogP contribution is 2.22. The minimum absolute atomic E-state index is 0.396. The highest BCUT2D eigenvalue weighted by molar-refractivity contribution is 6.68. The van der Waals surface area contributed by atoms with Gasteiger partial charge >= 0.3 is 0 Å². The summed E-state index contributed by atoms with van der Waals surface area (Å²) in [5, 5.41) is 3.56. The smallest absolute Gasteiger partial charge is 0.283 e. The Balaban J connectivity index is 1.77. The third-order valence-corrected chi connectivity index (χ3v) is 3.11. The molecule has 17 heavy (non-hydrogen) atoms. The summed E-state index contributed by atoms with van der Waals surface area (Å²) in [4.78, 5) is 0. The van der Waals surface area contributed by atoms with Crippen LogP contribution >= 0.6 is 0 Å². The molecule has 82 valence electrons. The van der Waals surface area contributed by atoms with Crippen LogP contribution in [0.1, 0.15) is 11.1 Å². The van der Waals surface area contributed by atoms with Crippen molar-refractivity contribution in [3.8, 4) is 0 Å². The molecular formula is C15H14BN. The van der Waals surface area contributed by atoms with Crippen molar-refractivity contribution in [2.45, 2.75) is 6.32 Å². The maximum Gasteiger partial charge on any atom is 0.283 e. The Bertz CT molecular complexity index is 534. The first-order chi connectivity index (χ1) is 8.42. The summed E-state index contributed by atoms with van der Waals surface area (Å²) in [6.07, 6.45) is 3.24. The summed E-state index contributed by atoms with van der Waals surface area (Å²) < 4.78 is 0. The maximum absolute atomic E-state index is 3.56. The van der Waals surface area contributed by atoms with Crippen LogP contribution in [0, 0.1) is 0 Å². The van der Waals surface area contributed by atoms with Crippen LogP contribution in [0.2, 0.25) is 0 Å². The molecule has 1 nitrogen and oxygen atoms in total. The van der Waals surface area contributed by atoms with Gasteiger partial charge in [0.15, 0.2) is 0 Å². The molecule has 2 aromatic rings. The lowest BCUT2D eigenvalue weighted by Crippen LogP contribution is -2.28. The zero-order valence-corrected chi connectivity index (χ0v) is 9.64. The van der Waals surface area contributed by atoms with E-state index in [-0.39, 0.29) is 0 Å². The molecule has 0 saturated heterocycles. The first-order valence-corrected chi connectivity index (χ1v) is 5.99. The molecule has 0 atom stereocenters. The number of rotatable bonds is 2. The fourth-order valence-electron chi connectivity index (χ4n) is 2.23. The molecule has 3 rings (SSSR count). The maximum atomic E-state index is 3.56. The van der Waals surface area contributed by atoms with Crippen LogP contribution < -0.4 is 5.23 Å². The Labute approximate surface area is 102 Å². The summed E-state index contributed by atoms with van der Waals surface area (Å²) >= 11 is 0. The zero-order chi connectivity index (χ0) is 11.5. The van der Waals surface area contributed by atoms with Crippen molar-refractivity contribution in [3.05, 3.63) is 71.7 Å². The predicted octanol–water partition coefficient (Wildman–Crippen LogP) is 3.44. The van der Waals surface area contributed by atoms with E-state index < -0.39 is 0 Å². The summed E-state index contributed by atoms with van der Waals surface area (Å²) in [7, 11) is 0. The second-order valence-electron chi connectivity index (χ2n) is 4.39. The number of hydrogen-bond acceptors (Lipinski definition) is 1. The molecule has 0 bridgehead atoms. The topological polar surface area (TPSA) is 12.0 Å². The number of benzene rings is 2. The van der Waals surface area contributed by atoms with Gasteiger partial charge in [0.1, 0.15) is 0 Å². The summed E-state index contributed by atoms with van der Waals surface area (Å²) in [5.41, 5.74) is 3.88. The van der Waals surface area contributed by atoms with E-state index in [1.54, 1.807) is 0 Å². The number of para-hydroxylation sites is 1. The largest absolute Gasteiger partial charge is 0.424 e. The molecule has 1 aliphatic heterocycles. The molecule has 2 heteroatoms. The SMILES string of the molecule is C1=Cc2ccccc2NB1Cc1ccccc1. The van der Waals surface area contributed by atoms with Crippen molar-refractivity contribution >= 4 is 18.6 Å². The Morgan fingerprint density at radius 1 is 0.882 bits per heavy atom. The molecule has 0 amide bonds. The van der Waals surface area contributed by atoms with Crippen LogP contribution in [0.15, 0.2) is 60.6 Å². The number of anilines is 1. The highest BCUT2D eigenvalue weighted by Gasteiger charge is 2.16. The Morgan fingerprint density at radius 2 is 1.65 bits per heavy atom. The molecule has 2 aromatic carbocycles. The third kappa shape index (κ3) is 2.26. The van der Waals surface area contributed by atoms with Gasteiger partial charge in [0.25, 0.3) is 6.85 Å². The van der Waals surface area contributed by atoms with E-state index in [2.05, 4.69) is 71.9 Å². The Hall–Kier alpha value is -1.96. The number of fused-ring (bicyclic) bond motifs is 1. The van der Waals surface area contributed by atoms with Crippen molar-refractivity contribution in [2.24, 2.45) is 0 Å². The fourth-order valence-corrected chi connectivity index (χ4v) is 2.23. The monoisotopic (exact) mass is 219 g/mol. The van der Waals surface area contributed by atoms with E-state index in [0.29, 0.717) is 6.85 Å². The number of hydrogen-bond donors (Lipinski definition) is 1.